The van der Waals surface area contributed by atoms with Crippen LogP contribution in [-0.4, -0.2) is 23.5 Å². The van der Waals surface area contributed by atoms with Gasteiger partial charge in [0.1, 0.15) is 0 Å². The van der Waals surface area contributed by atoms with Crippen molar-refractivity contribution >= 4 is 11.9 Å². The van der Waals surface area contributed by atoms with E-state index in [-0.39, 0.29) is 11.8 Å². The largest absolute Gasteiger partial charge is 0.481 e. The third-order valence-corrected chi connectivity index (χ3v) is 6.75. The SMILES string of the molecule is CCCCCCCCCCCCCCCCCCNC(=O)C1CCCCC1C(=O)O. The molecule has 1 amide bonds. The fourth-order valence-electron chi connectivity index (χ4n) is 4.76. The molecule has 0 radical (unpaired) electrons. The highest BCUT2D eigenvalue weighted by atomic mass is 16.4. The number of carbonyl (C=O) groups excluding carboxylic acids is 1. The average Bonchev–Trinajstić information content (AvgIpc) is 2.75. The molecule has 1 fully saturated rings. The van der Waals surface area contributed by atoms with Crippen LogP contribution in [0.2, 0.25) is 0 Å². The second-order valence-corrected chi connectivity index (χ2v) is 9.43. The van der Waals surface area contributed by atoms with Crippen molar-refractivity contribution in [3.05, 3.63) is 0 Å². The standard InChI is InChI=1S/C26H49NO3/c1-2-3-4-5-6-7-8-9-10-11-12-13-14-15-16-19-22-27-25(28)23-20-17-18-21-24(23)26(29)30/h23-24H,2-22H2,1H3,(H,27,28)(H,29,30). The minimum Gasteiger partial charge on any atom is -0.481 e. The molecule has 1 aliphatic rings. The smallest absolute Gasteiger partial charge is 0.307 e. The highest BCUT2D eigenvalue weighted by Gasteiger charge is 2.35. The summed E-state index contributed by atoms with van der Waals surface area (Å²) in [7, 11) is 0. The van der Waals surface area contributed by atoms with Crippen LogP contribution in [-0.2, 0) is 9.59 Å². The van der Waals surface area contributed by atoms with Crippen LogP contribution in [0.5, 0.6) is 0 Å². The Morgan fingerprint density at radius 1 is 0.667 bits per heavy atom. The molecule has 1 aliphatic carbocycles. The Balaban J connectivity index is 1.84. The molecular formula is C26H49NO3. The zero-order chi connectivity index (χ0) is 21.9. The van der Waals surface area contributed by atoms with Crippen LogP contribution in [0.3, 0.4) is 0 Å². The Kier molecular flexibility index (Phi) is 16.8. The van der Waals surface area contributed by atoms with Crippen molar-refractivity contribution in [2.45, 2.75) is 135 Å². The van der Waals surface area contributed by atoms with Gasteiger partial charge in [0.05, 0.1) is 11.8 Å². The molecule has 0 heterocycles. The van der Waals surface area contributed by atoms with Crippen molar-refractivity contribution in [2.24, 2.45) is 11.8 Å². The quantitative estimate of drug-likeness (QED) is 0.215. The average molecular weight is 424 g/mol. The lowest BCUT2D eigenvalue weighted by Gasteiger charge is -2.27. The van der Waals surface area contributed by atoms with Crippen LogP contribution in [0, 0.1) is 11.8 Å². The first-order valence-electron chi connectivity index (χ1n) is 13.2. The monoisotopic (exact) mass is 423 g/mol. The van der Waals surface area contributed by atoms with Gasteiger partial charge in [0.15, 0.2) is 0 Å². The summed E-state index contributed by atoms with van der Waals surface area (Å²) in [6.45, 7) is 2.97. The maximum absolute atomic E-state index is 12.3. The van der Waals surface area contributed by atoms with E-state index in [1.54, 1.807) is 0 Å². The molecule has 0 bridgehead atoms. The Bertz CT molecular complexity index is 438. The number of rotatable bonds is 19. The molecule has 2 unspecified atom stereocenters. The van der Waals surface area contributed by atoms with Crippen LogP contribution in [0.1, 0.15) is 135 Å². The van der Waals surface area contributed by atoms with Gasteiger partial charge in [0.2, 0.25) is 5.91 Å². The summed E-state index contributed by atoms with van der Waals surface area (Å²) in [4.78, 5) is 23.6. The molecule has 2 atom stereocenters. The van der Waals surface area contributed by atoms with Crippen LogP contribution in [0.4, 0.5) is 0 Å². The third kappa shape index (κ3) is 13.3. The Morgan fingerprint density at radius 3 is 1.50 bits per heavy atom. The minimum atomic E-state index is -0.808. The molecule has 30 heavy (non-hydrogen) atoms. The number of unbranched alkanes of at least 4 members (excludes halogenated alkanes) is 15. The van der Waals surface area contributed by atoms with Gasteiger partial charge in [-0.1, -0.05) is 116 Å². The van der Waals surface area contributed by atoms with Gasteiger partial charge in [-0.3, -0.25) is 9.59 Å². The molecular weight excluding hydrogens is 374 g/mol. The number of hydrogen-bond donors (Lipinski definition) is 2. The van der Waals surface area contributed by atoms with Crippen molar-refractivity contribution in [3.8, 4) is 0 Å². The molecule has 2 N–H and O–H groups in total. The third-order valence-electron chi connectivity index (χ3n) is 6.75. The summed E-state index contributed by atoms with van der Waals surface area (Å²) in [5, 5.41) is 12.3. The van der Waals surface area contributed by atoms with Gasteiger partial charge in [-0.15, -0.1) is 0 Å². The predicted octanol–water partition coefficient (Wildman–Crippen LogP) is 7.26. The lowest BCUT2D eigenvalue weighted by Crippen LogP contribution is -2.40. The summed E-state index contributed by atoms with van der Waals surface area (Å²) in [6, 6.07) is 0. The van der Waals surface area contributed by atoms with Crippen molar-refractivity contribution in [2.75, 3.05) is 6.54 Å². The van der Waals surface area contributed by atoms with Gasteiger partial charge in [-0.05, 0) is 19.3 Å². The number of aliphatic carboxylic acids is 1. The van der Waals surface area contributed by atoms with E-state index in [0.717, 1.165) is 32.1 Å². The lowest BCUT2D eigenvalue weighted by atomic mass is 9.78. The molecule has 0 aromatic carbocycles. The maximum Gasteiger partial charge on any atom is 0.307 e. The lowest BCUT2D eigenvalue weighted by molar-refractivity contribution is -0.148. The van der Waals surface area contributed by atoms with E-state index in [1.807, 2.05) is 0 Å². The normalized spacial score (nSPS) is 19.0. The first kappa shape index (κ1) is 27.0. The first-order chi connectivity index (χ1) is 14.7. The van der Waals surface area contributed by atoms with Crippen LogP contribution >= 0.6 is 0 Å². The van der Waals surface area contributed by atoms with E-state index in [4.69, 9.17) is 0 Å². The van der Waals surface area contributed by atoms with Crippen molar-refractivity contribution < 1.29 is 14.7 Å². The van der Waals surface area contributed by atoms with Gasteiger partial charge < -0.3 is 10.4 Å². The summed E-state index contributed by atoms with van der Waals surface area (Å²) >= 11 is 0. The van der Waals surface area contributed by atoms with Crippen molar-refractivity contribution in [1.82, 2.24) is 5.32 Å². The number of hydrogen-bond acceptors (Lipinski definition) is 2. The van der Waals surface area contributed by atoms with Gasteiger partial charge >= 0.3 is 5.97 Å². The second-order valence-electron chi connectivity index (χ2n) is 9.43. The van der Waals surface area contributed by atoms with E-state index in [1.165, 1.54) is 89.9 Å². The van der Waals surface area contributed by atoms with Gasteiger partial charge in [-0.2, -0.15) is 0 Å². The van der Waals surface area contributed by atoms with Crippen LogP contribution in [0.15, 0.2) is 0 Å². The topological polar surface area (TPSA) is 66.4 Å². The summed E-state index contributed by atoms with van der Waals surface area (Å²) < 4.78 is 0. The zero-order valence-electron chi connectivity index (χ0n) is 19.8. The molecule has 4 heteroatoms. The van der Waals surface area contributed by atoms with E-state index >= 15 is 0 Å². The van der Waals surface area contributed by atoms with Crippen molar-refractivity contribution in [3.63, 3.8) is 0 Å². The molecule has 1 rings (SSSR count). The van der Waals surface area contributed by atoms with Crippen molar-refractivity contribution in [1.29, 1.82) is 0 Å². The Hall–Kier alpha value is -1.06. The van der Waals surface area contributed by atoms with Crippen LogP contribution in [0.25, 0.3) is 0 Å². The number of nitrogens with one attached hydrogen (secondary N) is 1. The fraction of sp³-hybridized carbons (Fsp3) is 0.923. The predicted molar refractivity (Wildman–Crippen MR) is 126 cm³/mol. The number of carboxylic acid groups (broad SMARTS) is 1. The van der Waals surface area contributed by atoms with Gasteiger partial charge in [0.25, 0.3) is 0 Å². The molecule has 0 saturated heterocycles. The Morgan fingerprint density at radius 2 is 1.07 bits per heavy atom. The zero-order valence-corrected chi connectivity index (χ0v) is 19.8. The molecule has 0 aromatic heterocycles. The minimum absolute atomic E-state index is 0.0388. The van der Waals surface area contributed by atoms with E-state index < -0.39 is 11.9 Å². The van der Waals surface area contributed by atoms with Crippen LogP contribution < -0.4 is 5.32 Å². The molecule has 176 valence electrons. The van der Waals surface area contributed by atoms with Gasteiger partial charge in [0, 0.05) is 6.54 Å². The Labute approximate surface area is 186 Å². The molecule has 1 saturated carbocycles. The molecule has 0 aromatic rings. The number of carboxylic acids is 1. The highest BCUT2D eigenvalue weighted by Crippen LogP contribution is 2.30. The first-order valence-corrected chi connectivity index (χ1v) is 13.2. The number of carbonyl (C=O) groups is 2. The summed E-state index contributed by atoms with van der Waals surface area (Å²) in [6.07, 6.45) is 24.8. The molecule has 0 aliphatic heterocycles. The van der Waals surface area contributed by atoms with E-state index in [0.29, 0.717) is 13.0 Å². The summed E-state index contributed by atoms with van der Waals surface area (Å²) in [5.74, 6) is -1.65. The van der Waals surface area contributed by atoms with Gasteiger partial charge in [-0.25, -0.2) is 0 Å². The fourth-order valence-corrected chi connectivity index (χ4v) is 4.76. The number of amides is 1. The van der Waals surface area contributed by atoms with E-state index in [2.05, 4.69) is 12.2 Å². The summed E-state index contributed by atoms with van der Waals surface area (Å²) in [5.41, 5.74) is 0. The maximum atomic E-state index is 12.3. The molecule has 4 nitrogen and oxygen atoms in total. The second kappa shape index (κ2) is 18.7. The van der Waals surface area contributed by atoms with E-state index in [9.17, 15) is 14.7 Å². The molecule has 0 spiro atoms. The highest BCUT2D eigenvalue weighted by molar-refractivity contribution is 5.84.